The molecule has 5 N–H and O–H groups in total. The van der Waals surface area contributed by atoms with Crippen LogP contribution in [0.4, 0.5) is 0 Å². The van der Waals surface area contributed by atoms with Crippen LogP contribution in [-0.4, -0.2) is 180 Å². The van der Waals surface area contributed by atoms with E-state index in [2.05, 4.69) is 20.2 Å². The molecule has 3 aliphatic rings. The van der Waals surface area contributed by atoms with Crippen molar-refractivity contribution in [2.45, 2.75) is 192 Å². The molecule has 0 saturated carbocycles. The Kier molecular flexibility index (Phi) is 17.6. The van der Waals surface area contributed by atoms with Crippen LogP contribution in [0.2, 0.25) is 0 Å². The summed E-state index contributed by atoms with van der Waals surface area (Å²) in [5.41, 5.74) is -2.74. The molecule has 2 aromatic heterocycles. The minimum atomic E-state index is -1.80. The van der Waals surface area contributed by atoms with Gasteiger partial charge in [-0.05, 0) is 98.9 Å². The summed E-state index contributed by atoms with van der Waals surface area (Å²) in [7, 11) is 5.34. The molecular formula is C47H80N6O11. The van der Waals surface area contributed by atoms with Gasteiger partial charge in [0.2, 0.25) is 0 Å². The Morgan fingerprint density at radius 1 is 0.984 bits per heavy atom. The number of pyridine rings is 1. The van der Waals surface area contributed by atoms with Crippen LogP contribution in [0.15, 0.2) is 30.6 Å². The van der Waals surface area contributed by atoms with Crippen LogP contribution in [-0.2, 0) is 41.4 Å². The van der Waals surface area contributed by atoms with E-state index in [1.807, 2.05) is 78.0 Å². The number of ether oxygens (including phenoxy) is 5. The van der Waals surface area contributed by atoms with Gasteiger partial charge in [-0.3, -0.25) is 9.78 Å². The van der Waals surface area contributed by atoms with E-state index in [-0.39, 0.29) is 37.3 Å². The predicted molar refractivity (Wildman–Crippen MR) is 239 cm³/mol. The van der Waals surface area contributed by atoms with E-state index >= 15 is 0 Å². The number of hydrogen-bond acceptors (Lipinski definition) is 16. The molecule has 3 fully saturated rings. The largest absolute Gasteiger partial charge is 0.459 e. The Hall–Kier alpha value is -2.68. The third kappa shape index (κ3) is 11.9. The molecular weight excluding hydrogens is 825 g/mol. The number of carbonyl (C=O) groups is 1. The van der Waals surface area contributed by atoms with Crippen molar-refractivity contribution < 1.29 is 54.0 Å². The van der Waals surface area contributed by atoms with Crippen molar-refractivity contribution in [2.24, 2.45) is 23.7 Å². The fourth-order valence-corrected chi connectivity index (χ4v) is 10.9. The van der Waals surface area contributed by atoms with E-state index in [4.69, 9.17) is 23.7 Å². The molecule has 0 radical (unpaired) electrons. The summed E-state index contributed by atoms with van der Waals surface area (Å²) in [6.45, 7) is 19.5. The quantitative estimate of drug-likeness (QED) is 0.205. The molecule has 64 heavy (non-hydrogen) atoms. The molecule has 0 bridgehead atoms. The van der Waals surface area contributed by atoms with Gasteiger partial charge >= 0.3 is 5.97 Å². The minimum Gasteiger partial charge on any atom is -0.459 e. The molecule has 18 atom stereocenters. The molecule has 5 rings (SSSR count). The Balaban J connectivity index is 1.49. The second-order valence-electron chi connectivity index (χ2n) is 20.2. The summed E-state index contributed by atoms with van der Waals surface area (Å²) in [6.07, 6.45) is -2.93. The van der Waals surface area contributed by atoms with Crippen LogP contribution in [0.3, 0.4) is 0 Å². The number of esters is 1. The number of likely N-dealkylation sites (N-methyl/N-ethyl adjacent to an activating group) is 2. The zero-order valence-corrected chi connectivity index (χ0v) is 40.6. The van der Waals surface area contributed by atoms with E-state index in [1.54, 1.807) is 38.6 Å². The number of carbonyl (C=O) groups excluding carboxylic acids is 1. The zero-order chi connectivity index (χ0) is 47.5. The monoisotopic (exact) mass is 905 g/mol. The van der Waals surface area contributed by atoms with E-state index in [1.165, 1.54) is 14.0 Å². The Morgan fingerprint density at radius 3 is 2.33 bits per heavy atom. The average molecular weight is 905 g/mol. The van der Waals surface area contributed by atoms with Gasteiger partial charge in [-0.2, -0.15) is 0 Å². The molecule has 5 heterocycles. The highest BCUT2D eigenvalue weighted by atomic mass is 16.7. The fourth-order valence-electron chi connectivity index (χ4n) is 10.9. The first-order valence-electron chi connectivity index (χ1n) is 23.3. The molecule has 0 spiro atoms. The highest BCUT2D eigenvalue weighted by Gasteiger charge is 2.55. The average Bonchev–Trinajstić information content (AvgIpc) is 3.69. The molecule has 1 unspecified atom stereocenters. The molecule has 0 aromatic carbocycles. The first-order chi connectivity index (χ1) is 29.9. The second-order valence-corrected chi connectivity index (χ2v) is 20.2. The van der Waals surface area contributed by atoms with E-state index in [0.717, 1.165) is 11.4 Å². The van der Waals surface area contributed by atoms with Crippen molar-refractivity contribution in [1.29, 1.82) is 0 Å². The predicted octanol–water partition coefficient (Wildman–Crippen LogP) is 2.82. The van der Waals surface area contributed by atoms with Gasteiger partial charge in [0.1, 0.15) is 30.0 Å². The zero-order valence-electron chi connectivity index (χ0n) is 40.6. The summed E-state index contributed by atoms with van der Waals surface area (Å²) in [5.74, 6) is -3.07. The number of aliphatic hydroxyl groups is 5. The number of nitrogens with zero attached hydrogens (tertiary/aromatic N) is 6. The second kappa shape index (κ2) is 21.5. The SMILES string of the molecule is CC[C@H]1OC(=O)[C@H](C)C([C@H]2C[C@@](C)(OC)[C@@H](O)[C@H](C)O2)[C@H](C)[C@@H](O[C@@H]2O[C@H](C)C[C@H](N(C)CCc3cn(Cc4ccccn4)nn3)[C@H]2O)[C@](C)(O)C[C@@H](C)CN(C)[C@H](C)[C@@H](O)[C@]1(C)O. The van der Waals surface area contributed by atoms with Gasteiger partial charge < -0.3 is 59.0 Å². The normalized spacial score (nSPS) is 42.5. The van der Waals surface area contributed by atoms with Crippen LogP contribution in [0.25, 0.3) is 0 Å². The molecule has 3 saturated heterocycles. The van der Waals surface area contributed by atoms with E-state index in [9.17, 15) is 30.3 Å². The van der Waals surface area contributed by atoms with Gasteiger partial charge in [0.25, 0.3) is 0 Å². The number of hydrogen-bond donors (Lipinski definition) is 5. The van der Waals surface area contributed by atoms with Crippen LogP contribution >= 0.6 is 0 Å². The van der Waals surface area contributed by atoms with Crippen molar-refractivity contribution in [3.05, 3.63) is 42.0 Å². The van der Waals surface area contributed by atoms with Crippen molar-refractivity contribution in [3.8, 4) is 0 Å². The van der Waals surface area contributed by atoms with Gasteiger partial charge in [-0.1, -0.05) is 39.0 Å². The highest BCUT2D eigenvalue weighted by molar-refractivity contribution is 5.73. The van der Waals surface area contributed by atoms with Gasteiger partial charge in [-0.25, -0.2) is 4.68 Å². The lowest BCUT2D eigenvalue weighted by atomic mass is 9.68. The lowest BCUT2D eigenvalue weighted by molar-refractivity contribution is -0.302. The van der Waals surface area contributed by atoms with Crippen LogP contribution < -0.4 is 0 Å². The number of cyclic esters (lactones) is 1. The summed E-state index contributed by atoms with van der Waals surface area (Å²) < 4.78 is 33.9. The maximum Gasteiger partial charge on any atom is 0.309 e. The van der Waals surface area contributed by atoms with Crippen LogP contribution in [0.1, 0.15) is 106 Å². The molecule has 0 aliphatic carbocycles. The number of methoxy groups -OCH3 is 1. The number of rotatable bonds is 11. The minimum absolute atomic E-state index is 0.159. The lowest BCUT2D eigenvalue weighted by Crippen LogP contribution is -2.62. The molecule has 2 aromatic rings. The summed E-state index contributed by atoms with van der Waals surface area (Å²) in [6, 6.07) is 4.81. The van der Waals surface area contributed by atoms with Gasteiger partial charge in [0, 0.05) is 63.4 Å². The topological polar surface area (TPSA) is 214 Å². The Morgan fingerprint density at radius 2 is 1.69 bits per heavy atom. The van der Waals surface area contributed by atoms with Crippen LogP contribution in [0, 0.1) is 23.7 Å². The van der Waals surface area contributed by atoms with Crippen LogP contribution in [0.5, 0.6) is 0 Å². The van der Waals surface area contributed by atoms with E-state index in [0.29, 0.717) is 32.5 Å². The third-order valence-electron chi connectivity index (χ3n) is 14.8. The van der Waals surface area contributed by atoms with Gasteiger partial charge in [0.15, 0.2) is 6.29 Å². The maximum absolute atomic E-state index is 14.6. The van der Waals surface area contributed by atoms with Crippen molar-refractivity contribution in [3.63, 3.8) is 0 Å². The highest BCUT2D eigenvalue weighted by Crippen LogP contribution is 2.45. The number of aromatic nitrogens is 4. The molecule has 364 valence electrons. The molecule has 0 amide bonds. The summed E-state index contributed by atoms with van der Waals surface area (Å²) in [4.78, 5) is 23.0. The smallest absolute Gasteiger partial charge is 0.309 e. The van der Waals surface area contributed by atoms with E-state index < -0.39 is 95.6 Å². The summed E-state index contributed by atoms with van der Waals surface area (Å²) >= 11 is 0. The maximum atomic E-state index is 14.6. The fraction of sp³-hybridized carbons (Fsp3) is 0.830. The first-order valence-corrected chi connectivity index (χ1v) is 23.3. The van der Waals surface area contributed by atoms with Gasteiger partial charge in [0.05, 0.1) is 59.5 Å². The molecule has 17 heteroatoms. The Bertz CT molecular complexity index is 1770. The van der Waals surface area contributed by atoms with Crippen molar-refractivity contribution in [2.75, 3.05) is 34.3 Å². The lowest BCUT2D eigenvalue weighted by Gasteiger charge is -2.51. The first kappa shape index (κ1) is 52.3. The van der Waals surface area contributed by atoms with Crippen molar-refractivity contribution >= 4 is 5.97 Å². The van der Waals surface area contributed by atoms with Crippen molar-refractivity contribution in [1.82, 2.24) is 29.8 Å². The molecule has 3 aliphatic heterocycles. The Labute approximate surface area is 380 Å². The standard InChI is InChI=1S/C47H80N6O11/c1-14-37-47(10,59)40(55)31(6)52(12)24-27(2)22-45(8,58)42(29(4)38(30(5)43(57)63-37)36-23-46(9,60-13)41(56)32(7)62-36)64-44-39(54)35(21-28(3)61-44)51(11)20-18-34-26-53(50-49-34)25-33-17-15-16-19-48-33/h15-17,19,26-32,35-42,44,54-56,58-59H,14,18,20-25H2,1-13H3/t27-,28-,29+,30-,31-,32+,35+,36-,37-,38?,39-,40-,41+,42-,44+,45-,46-,47-/m1/s1. The van der Waals surface area contributed by atoms with Gasteiger partial charge in [-0.15, -0.1) is 5.10 Å². The number of aliphatic hydroxyl groups excluding tert-OH is 3. The third-order valence-corrected chi connectivity index (χ3v) is 14.8. The summed E-state index contributed by atoms with van der Waals surface area (Å²) in [5, 5.41) is 68.5. The molecule has 17 nitrogen and oxygen atoms in total.